The van der Waals surface area contributed by atoms with Crippen LogP contribution in [0.4, 0.5) is 9.39 Å². The van der Waals surface area contributed by atoms with Crippen LogP contribution >= 0.6 is 11.3 Å². The SMILES string of the molecule is Cc1sc(NC(=O)c2cccnc2)c(C(N)=O)c1-c1ccc(F)cc1. The summed E-state index contributed by atoms with van der Waals surface area (Å²) in [4.78, 5) is 29.0. The first-order chi connectivity index (χ1) is 12.0. The van der Waals surface area contributed by atoms with Gasteiger partial charge < -0.3 is 11.1 Å². The van der Waals surface area contributed by atoms with E-state index < -0.39 is 5.91 Å². The van der Waals surface area contributed by atoms with Gasteiger partial charge in [-0.1, -0.05) is 12.1 Å². The van der Waals surface area contributed by atoms with Crippen molar-refractivity contribution in [3.63, 3.8) is 0 Å². The van der Waals surface area contributed by atoms with Gasteiger partial charge in [-0.25, -0.2) is 4.39 Å². The lowest BCUT2D eigenvalue weighted by Gasteiger charge is -2.07. The van der Waals surface area contributed by atoms with Gasteiger partial charge in [0.05, 0.1) is 11.1 Å². The van der Waals surface area contributed by atoms with Crippen molar-refractivity contribution >= 4 is 28.2 Å². The van der Waals surface area contributed by atoms with Gasteiger partial charge >= 0.3 is 0 Å². The minimum atomic E-state index is -0.662. The number of pyridine rings is 1. The monoisotopic (exact) mass is 355 g/mol. The molecule has 3 N–H and O–H groups in total. The van der Waals surface area contributed by atoms with E-state index in [1.807, 2.05) is 6.92 Å². The molecule has 0 unspecified atom stereocenters. The average Bonchev–Trinajstić information content (AvgIpc) is 2.92. The molecule has 5 nitrogen and oxygen atoms in total. The number of nitrogens with one attached hydrogen (secondary N) is 1. The van der Waals surface area contributed by atoms with Gasteiger partial charge in [0.1, 0.15) is 10.8 Å². The number of amides is 2. The highest BCUT2D eigenvalue weighted by molar-refractivity contribution is 7.17. The smallest absolute Gasteiger partial charge is 0.257 e. The van der Waals surface area contributed by atoms with E-state index in [1.165, 1.54) is 29.7 Å². The number of carbonyl (C=O) groups excluding carboxylic acids is 2. The number of aryl methyl sites for hydroxylation is 1. The second kappa shape index (κ2) is 6.82. The molecule has 7 heteroatoms. The van der Waals surface area contributed by atoms with Crippen LogP contribution in [0, 0.1) is 12.7 Å². The van der Waals surface area contributed by atoms with Crippen molar-refractivity contribution < 1.29 is 14.0 Å². The van der Waals surface area contributed by atoms with Crippen molar-refractivity contribution in [2.45, 2.75) is 6.92 Å². The lowest BCUT2D eigenvalue weighted by Crippen LogP contribution is -2.17. The highest BCUT2D eigenvalue weighted by Crippen LogP contribution is 2.39. The predicted molar refractivity (Wildman–Crippen MR) is 95.2 cm³/mol. The Morgan fingerprint density at radius 1 is 1.20 bits per heavy atom. The van der Waals surface area contributed by atoms with Gasteiger partial charge in [0, 0.05) is 22.8 Å². The maximum Gasteiger partial charge on any atom is 0.257 e. The van der Waals surface area contributed by atoms with E-state index in [0.29, 0.717) is 21.7 Å². The number of anilines is 1. The molecular weight excluding hydrogens is 341 g/mol. The van der Waals surface area contributed by atoms with Crippen LogP contribution in [-0.4, -0.2) is 16.8 Å². The van der Waals surface area contributed by atoms with Crippen LogP contribution in [0.5, 0.6) is 0 Å². The Kier molecular flexibility index (Phi) is 4.58. The van der Waals surface area contributed by atoms with Crippen LogP contribution in [0.15, 0.2) is 48.8 Å². The number of thiophene rings is 1. The molecule has 2 amide bonds. The number of hydrogen-bond donors (Lipinski definition) is 2. The third-order valence-corrected chi connectivity index (χ3v) is 4.63. The summed E-state index contributed by atoms with van der Waals surface area (Å²) >= 11 is 1.24. The molecule has 0 fully saturated rings. The first-order valence-electron chi connectivity index (χ1n) is 7.38. The van der Waals surface area contributed by atoms with Crippen LogP contribution in [0.3, 0.4) is 0 Å². The van der Waals surface area contributed by atoms with Gasteiger partial charge in [-0.15, -0.1) is 11.3 Å². The lowest BCUT2D eigenvalue weighted by atomic mass is 10.0. The molecule has 1 aromatic carbocycles. The van der Waals surface area contributed by atoms with Crippen molar-refractivity contribution in [3.05, 3.63) is 70.6 Å². The van der Waals surface area contributed by atoms with E-state index in [4.69, 9.17) is 5.73 Å². The molecular formula is C18H14FN3O2S. The summed E-state index contributed by atoms with van der Waals surface area (Å²) in [5.74, 6) is -1.42. The maximum absolute atomic E-state index is 13.2. The molecule has 0 bridgehead atoms. The van der Waals surface area contributed by atoms with E-state index >= 15 is 0 Å². The minimum Gasteiger partial charge on any atom is -0.365 e. The summed E-state index contributed by atoms with van der Waals surface area (Å²) in [6.45, 7) is 1.82. The second-order valence-electron chi connectivity index (χ2n) is 5.30. The number of nitrogens with zero attached hydrogens (tertiary/aromatic N) is 1. The maximum atomic E-state index is 13.2. The lowest BCUT2D eigenvalue weighted by molar-refractivity contribution is 0.100. The first kappa shape index (κ1) is 16.8. The largest absolute Gasteiger partial charge is 0.365 e. The van der Waals surface area contributed by atoms with Gasteiger partial charge in [-0.05, 0) is 36.8 Å². The number of halogens is 1. The number of rotatable bonds is 4. The van der Waals surface area contributed by atoms with E-state index in [2.05, 4.69) is 10.3 Å². The van der Waals surface area contributed by atoms with Gasteiger partial charge in [0.2, 0.25) is 0 Å². The molecule has 25 heavy (non-hydrogen) atoms. The molecule has 3 rings (SSSR count). The fourth-order valence-corrected chi connectivity index (χ4v) is 3.58. The standard InChI is InChI=1S/C18H14FN3O2S/c1-10-14(11-4-6-13(19)7-5-11)15(16(20)23)18(25-10)22-17(24)12-3-2-8-21-9-12/h2-9H,1H3,(H2,20,23)(H,22,24). The van der Waals surface area contributed by atoms with Gasteiger partial charge in [-0.3, -0.25) is 14.6 Å². The molecule has 0 aliphatic rings. The summed E-state index contributed by atoms with van der Waals surface area (Å²) < 4.78 is 13.2. The van der Waals surface area contributed by atoms with Crippen molar-refractivity contribution in [2.24, 2.45) is 5.73 Å². The summed E-state index contributed by atoms with van der Waals surface area (Å²) in [6.07, 6.45) is 2.99. The van der Waals surface area contributed by atoms with Gasteiger partial charge in [-0.2, -0.15) is 0 Å². The Bertz CT molecular complexity index is 937. The van der Waals surface area contributed by atoms with Gasteiger partial charge in [0.25, 0.3) is 11.8 Å². The summed E-state index contributed by atoms with van der Waals surface area (Å²) in [5.41, 5.74) is 7.38. The zero-order valence-electron chi connectivity index (χ0n) is 13.2. The van der Waals surface area contributed by atoms with Crippen LogP contribution in [0.1, 0.15) is 25.6 Å². The van der Waals surface area contributed by atoms with E-state index in [9.17, 15) is 14.0 Å². The van der Waals surface area contributed by atoms with Crippen molar-refractivity contribution in [3.8, 4) is 11.1 Å². The first-order valence-corrected chi connectivity index (χ1v) is 8.19. The fraction of sp³-hybridized carbons (Fsp3) is 0.0556. The molecule has 0 aliphatic heterocycles. The quantitative estimate of drug-likeness (QED) is 0.750. The molecule has 0 saturated heterocycles. The predicted octanol–water partition coefficient (Wildman–Crippen LogP) is 3.61. The molecule has 2 heterocycles. The van der Waals surface area contributed by atoms with Gasteiger partial charge in [0.15, 0.2) is 0 Å². The van der Waals surface area contributed by atoms with Crippen molar-refractivity contribution in [1.29, 1.82) is 0 Å². The molecule has 0 saturated carbocycles. The molecule has 0 aliphatic carbocycles. The molecule has 3 aromatic rings. The van der Waals surface area contributed by atoms with Crippen molar-refractivity contribution in [1.82, 2.24) is 4.98 Å². The van der Waals surface area contributed by atoms with Crippen LogP contribution < -0.4 is 11.1 Å². The third-order valence-electron chi connectivity index (χ3n) is 3.61. The van der Waals surface area contributed by atoms with E-state index in [0.717, 1.165) is 4.88 Å². The summed E-state index contributed by atoms with van der Waals surface area (Å²) in [7, 11) is 0. The summed E-state index contributed by atoms with van der Waals surface area (Å²) in [5, 5.41) is 3.07. The number of nitrogens with two attached hydrogens (primary N) is 1. The Hall–Kier alpha value is -3.06. The molecule has 2 aromatic heterocycles. The minimum absolute atomic E-state index is 0.214. The highest BCUT2D eigenvalue weighted by Gasteiger charge is 2.23. The Morgan fingerprint density at radius 2 is 1.92 bits per heavy atom. The second-order valence-corrected chi connectivity index (χ2v) is 6.53. The van der Waals surface area contributed by atoms with Crippen LogP contribution in [0.2, 0.25) is 0 Å². The number of benzene rings is 1. The Morgan fingerprint density at radius 3 is 2.52 bits per heavy atom. The summed E-state index contributed by atoms with van der Waals surface area (Å²) in [6, 6.07) is 9.03. The fourth-order valence-electron chi connectivity index (χ4n) is 2.50. The zero-order valence-corrected chi connectivity index (χ0v) is 14.1. The Balaban J connectivity index is 2.03. The normalized spacial score (nSPS) is 10.5. The average molecular weight is 355 g/mol. The van der Waals surface area contributed by atoms with Crippen molar-refractivity contribution in [2.75, 3.05) is 5.32 Å². The number of primary amides is 1. The molecule has 0 atom stereocenters. The Labute approximate surface area is 147 Å². The zero-order chi connectivity index (χ0) is 18.0. The highest BCUT2D eigenvalue weighted by atomic mass is 32.1. The third kappa shape index (κ3) is 3.41. The van der Waals surface area contributed by atoms with E-state index in [-0.39, 0.29) is 17.3 Å². The van der Waals surface area contributed by atoms with Crippen LogP contribution in [0.25, 0.3) is 11.1 Å². The van der Waals surface area contributed by atoms with Crippen LogP contribution in [-0.2, 0) is 0 Å². The molecule has 126 valence electrons. The molecule has 0 radical (unpaired) electrons. The number of carbonyl (C=O) groups is 2. The number of aromatic nitrogens is 1. The topological polar surface area (TPSA) is 85.1 Å². The molecule has 0 spiro atoms. The number of hydrogen-bond acceptors (Lipinski definition) is 4. The van der Waals surface area contributed by atoms with E-state index in [1.54, 1.807) is 30.5 Å².